The molecule has 0 aromatic heterocycles. The van der Waals surface area contributed by atoms with Crippen molar-refractivity contribution in [2.45, 2.75) is 45.8 Å². The summed E-state index contributed by atoms with van der Waals surface area (Å²) in [7, 11) is -2.74. The molecule has 1 aliphatic carbocycles. The van der Waals surface area contributed by atoms with Crippen LogP contribution >= 0.6 is 0 Å². The maximum atomic E-state index is 11.4. The summed E-state index contributed by atoms with van der Waals surface area (Å²) in [5.74, 6) is 1.04. The van der Waals surface area contributed by atoms with Crippen LogP contribution in [0.25, 0.3) is 0 Å². The largest absolute Gasteiger partial charge is 0.378 e. The van der Waals surface area contributed by atoms with Crippen molar-refractivity contribution in [3.8, 4) is 0 Å². The molecule has 0 bridgehead atoms. The van der Waals surface area contributed by atoms with E-state index in [1.165, 1.54) is 0 Å². The van der Waals surface area contributed by atoms with E-state index in [4.69, 9.17) is 4.74 Å². The molecule has 0 radical (unpaired) electrons. The maximum Gasteiger partial charge on any atom is 0.150 e. The highest BCUT2D eigenvalue weighted by Crippen LogP contribution is 2.42. The van der Waals surface area contributed by atoms with Crippen molar-refractivity contribution in [2.75, 3.05) is 24.7 Å². The molecule has 0 aromatic carbocycles. The van der Waals surface area contributed by atoms with Crippen LogP contribution in [0.15, 0.2) is 0 Å². The first-order valence-electron chi connectivity index (χ1n) is 6.90. The number of nitrogens with one attached hydrogen (secondary N) is 1. The summed E-state index contributed by atoms with van der Waals surface area (Å²) in [5.41, 5.74) is 0.160. The second-order valence-electron chi connectivity index (χ2n) is 6.23. The molecule has 1 heterocycles. The molecule has 18 heavy (non-hydrogen) atoms. The van der Waals surface area contributed by atoms with Gasteiger partial charge in [0.2, 0.25) is 0 Å². The second kappa shape index (κ2) is 5.10. The molecule has 1 N–H and O–H groups in total. The molecule has 1 saturated heterocycles. The van der Waals surface area contributed by atoms with Crippen molar-refractivity contribution in [3.05, 3.63) is 0 Å². The molecule has 2 aliphatic rings. The van der Waals surface area contributed by atoms with Gasteiger partial charge < -0.3 is 10.1 Å². The monoisotopic (exact) mass is 275 g/mol. The number of hydrogen-bond donors (Lipinski definition) is 1. The van der Waals surface area contributed by atoms with Gasteiger partial charge in [0, 0.05) is 18.1 Å². The lowest BCUT2D eigenvalue weighted by Crippen LogP contribution is -2.61. The Morgan fingerprint density at radius 3 is 2.61 bits per heavy atom. The molecule has 106 valence electrons. The normalized spacial score (nSPS) is 37.4. The van der Waals surface area contributed by atoms with Gasteiger partial charge in [-0.3, -0.25) is 0 Å². The average Bonchev–Trinajstić information content (AvgIpc) is 2.62. The van der Waals surface area contributed by atoms with Crippen molar-refractivity contribution in [1.82, 2.24) is 5.32 Å². The fraction of sp³-hybridized carbons (Fsp3) is 1.00. The van der Waals surface area contributed by atoms with Crippen LogP contribution in [0.5, 0.6) is 0 Å². The molecule has 0 amide bonds. The summed E-state index contributed by atoms with van der Waals surface area (Å²) in [6.07, 6.45) is 2.20. The van der Waals surface area contributed by atoms with Crippen molar-refractivity contribution in [3.63, 3.8) is 0 Å². The highest BCUT2D eigenvalue weighted by molar-refractivity contribution is 7.91. The van der Waals surface area contributed by atoms with Crippen molar-refractivity contribution in [1.29, 1.82) is 0 Å². The SMILES string of the molecule is CCOC1CC(NCC2CCS(=O)(=O)C2)C1(C)C. The van der Waals surface area contributed by atoms with E-state index >= 15 is 0 Å². The van der Waals surface area contributed by atoms with Gasteiger partial charge in [-0.25, -0.2) is 8.42 Å². The van der Waals surface area contributed by atoms with Crippen LogP contribution in [0.4, 0.5) is 0 Å². The molecule has 2 fully saturated rings. The number of sulfone groups is 1. The first-order valence-corrected chi connectivity index (χ1v) is 8.72. The highest BCUT2D eigenvalue weighted by atomic mass is 32.2. The van der Waals surface area contributed by atoms with Gasteiger partial charge >= 0.3 is 0 Å². The number of rotatable bonds is 5. The van der Waals surface area contributed by atoms with E-state index in [9.17, 15) is 8.42 Å². The van der Waals surface area contributed by atoms with Crippen LogP contribution in [0, 0.1) is 11.3 Å². The van der Waals surface area contributed by atoms with Gasteiger partial charge in [0.15, 0.2) is 9.84 Å². The summed E-state index contributed by atoms with van der Waals surface area (Å²) in [6, 6.07) is 0.456. The van der Waals surface area contributed by atoms with E-state index in [-0.39, 0.29) is 5.41 Å². The van der Waals surface area contributed by atoms with Gasteiger partial charge in [0.1, 0.15) is 0 Å². The van der Waals surface area contributed by atoms with E-state index < -0.39 is 9.84 Å². The topological polar surface area (TPSA) is 55.4 Å². The minimum Gasteiger partial charge on any atom is -0.378 e. The third kappa shape index (κ3) is 2.89. The summed E-state index contributed by atoms with van der Waals surface area (Å²) in [5, 5.41) is 3.53. The van der Waals surface area contributed by atoms with E-state index in [0.717, 1.165) is 26.0 Å². The average molecular weight is 275 g/mol. The lowest BCUT2D eigenvalue weighted by atomic mass is 9.64. The van der Waals surface area contributed by atoms with Gasteiger partial charge in [-0.2, -0.15) is 0 Å². The van der Waals surface area contributed by atoms with Gasteiger partial charge in [-0.15, -0.1) is 0 Å². The van der Waals surface area contributed by atoms with Crippen LogP contribution in [-0.4, -0.2) is 45.2 Å². The standard InChI is InChI=1S/C13H25NO3S/c1-4-17-12-7-11(13(12,2)3)14-8-10-5-6-18(15,16)9-10/h10-12,14H,4-9H2,1-3H3. The molecule has 3 unspecified atom stereocenters. The zero-order valence-corrected chi connectivity index (χ0v) is 12.4. The summed E-state index contributed by atoms with van der Waals surface area (Å²) in [4.78, 5) is 0. The van der Waals surface area contributed by atoms with Crippen molar-refractivity contribution in [2.24, 2.45) is 11.3 Å². The van der Waals surface area contributed by atoms with Gasteiger partial charge in [-0.1, -0.05) is 13.8 Å². The number of ether oxygens (including phenoxy) is 1. The van der Waals surface area contributed by atoms with Crippen LogP contribution in [0.2, 0.25) is 0 Å². The predicted octanol–water partition coefficient (Wildman–Crippen LogP) is 1.21. The van der Waals surface area contributed by atoms with Crippen molar-refractivity contribution >= 4 is 9.84 Å². The van der Waals surface area contributed by atoms with E-state index in [2.05, 4.69) is 19.2 Å². The zero-order valence-electron chi connectivity index (χ0n) is 11.6. The lowest BCUT2D eigenvalue weighted by Gasteiger charge is -2.52. The minimum atomic E-state index is -2.74. The van der Waals surface area contributed by atoms with Crippen LogP contribution in [-0.2, 0) is 14.6 Å². The minimum absolute atomic E-state index is 0.160. The smallest absolute Gasteiger partial charge is 0.150 e. The summed E-state index contributed by atoms with van der Waals surface area (Å²) < 4.78 is 28.5. The molecule has 0 spiro atoms. The van der Waals surface area contributed by atoms with Crippen LogP contribution in [0.1, 0.15) is 33.6 Å². The first-order chi connectivity index (χ1) is 8.35. The van der Waals surface area contributed by atoms with Crippen molar-refractivity contribution < 1.29 is 13.2 Å². The molecule has 1 aliphatic heterocycles. The fourth-order valence-corrected chi connectivity index (χ4v) is 4.92. The summed E-state index contributed by atoms with van der Waals surface area (Å²) >= 11 is 0. The molecule has 5 heteroatoms. The lowest BCUT2D eigenvalue weighted by molar-refractivity contribution is -0.114. The molecule has 3 atom stereocenters. The number of hydrogen-bond acceptors (Lipinski definition) is 4. The van der Waals surface area contributed by atoms with Crippen LogP contribution < -0.4 is 5.32 Å². The van der Waals surface area contributed by atoms with Gasteiger partial charge in [0.05, 0.1) is 17.6 Å². The Labute approximate surface area is 110 Å². The molecular weight excluding hydrogens is 250 g/mol. The fourth-order valence-electron chi connectivity index (χ4n) is 3.06. The van der Waals surface area contributed by atoms with E-state index in [0.29, 0.717) is 29.6 Å². The Morgan fingerprint density at radius 1 is 1.39 bits per heavy atom. The molecule has 4 nitrogen and oxygen atoms in total. The molecular formula is C13H25NO3S. The van der Waals surface area contributed by atoms with Gasteiger partial charge in [-0.05, 0) is 32.2 Å². The third-order valence-electron chi connectivity index (χ3n) is 4.53. The predicted molar refractivity (Wildman–Crippen MR) is 72.4 cm³/mol. The third-order valence-corrected chi connectivity index (χ3v) is 6.36. The molecule has 2 rings (SSSR count). The second-order valence-corrected chi connectivity index (χ2v) is 8.46. The van der Waals surface area contributed by atoms with Gasteiger partial charge in [0.25, 0.3) is 0 Å². The molecule has 0 aromatic rings. The first kappa shape index (κ1) is 14.3. The van der Waals surface area contributed by atoms with E-state index in [1.807, 2.05) is 6.92 Å². The zero-order chi connectivity index (χ0) is 13.4. The summed E-state index contributed by atoms with van der Waals surface area (Å²) in [6.45, 7) is 8.06. The Kier molecular flexibility index (Phi) is 4.04. The quantitative estimate of drug-likeness (QED) is 0.819. The Hall–Kier alpha value is -0.130. The van der Waals surface area contributed by atoms with Crippen LogP contribution in [0.3, 0.4) is 0 Å². The molecule has 1 saturated carbocycles. The Bertz CT molecular complexity index is 391. The maximum absolute atomic E-state index is 11.4. The Balaban J connectivity index is 1.76. The van der Waals surface area contributed by atoms with E-state index in [1.54, 1.807) is 0 Å². The Morgan fingerprint density at radius 2 is 2.11 bits per heavy atom. The highest BCUT2D eigenvalue weighted by Gasteiger charge is 2.48.